The summed E-state index contributed by atoms with van der Waals surface area (Å²) in [6.07, 6.45) is 3.48. The summed E-state index contributed by atoms with van der Waals surface area (Å²) in [7, 11) is 1.96. The van der Waals surface area contributed by atoms with Gasteiger partial charge in [0.25, 0.3) is 0 Å². The molecule has 92 valence electrons. The molecule has 1 aromatic heterocycles. The van der Waals surface area contributed by atoms with Crippen LogP contribution in [-0.2, 0) is 4.74 Å². The second kappa shape index (κ2) is 5.09. The van der Waals surface area contributed by atoms with Crippen LogP contribution in [0.25, 0.3) is 0 Å². The first-order valence-electron chi connectivity index (χ1n) is 5.67. The number of aromatic nitrogens is 2. The molecule has 0 atom stereocenters. The van der Waals surface area contributed by atoms with Crippen molar-refractivity contribution >= 4 is 11.7 Å². The van der Waals surface area contributed by atoms with E-state index in [-0.39, 0.29) is 5.84 Å². The average Bonchev–Trinajstić information content (AvgIpc) is 2.39. The summed E-state index contributed by atoms with van der Waals surface area (Å²) in [5.41, 5.74) is 6.18. The number of ether oxygens (including phenoxy) is 1. The molecule has 0 unspecified atom stereocenters. The highest BCUT2D eigenvalue weighted by molar-refractivity contribution is 5.99. The average molecular weight is 235 g/mol. The first-order valence-corrected chi connectivity index (χ1v) is 5.67. The molecule has 0 aliphatic carbocycles. The van der Waals surface area contributed by atoms with Gasteiger partial charge in [-0.1, -0.05) is 0 Å². The van der Waals surface area contributed by atoms with Crippen molar-refractivity contribution in [3.8, 4) is 0 Å². The first-order chi connectivity index (χ1) is 8.20. The molecule has 2 heterocycles. The highest BCUT2D eigenvalue weighted by Crippen LogP contribution is 2.21. The van der Waals surface area contributed by atoms with Crippen molar-refractivity contribution in [2.75, 3.05) is 25.2 Å². The fourth-order valence-corrected chi connectivity index (χ4v) is 2.04. The highest BCUT2D eigenvalue weighted by atomic mass is 16.5. The molecule has 2 rings (SSSR count). The lowest BCUT2D eigenvalue weighted by Crippen LogP contribution is -2.38. The van der Waals surface area contributed by atoms with Gasteiger partial charge in [0.15, 0.2) is 5.82 Å². The number of nitrogens with two attached hydrogens (primary N) is 1. The highest BCUT2D eigenvalue weighted by Gasteiger charge is 2.22. The zero-order valence-corrected chi connectivity index (χ0v) is 9.89. The van der Waals surface area contributed by atoms with Crippen LogP contribution in [0.15, 0.2) is 12.3 Å². The van der Waals surface area contributed by atoms with E-state index < -0.39 is 0 Å². The molecular formula is C11H17N5O. The molecule has 1 aliphatic heterocycles. The van der Waals surface area contributed by atoms with Crippen LogP contribution in [0.3, 0.4) is 0 Å². The van der Waals surface area contributed by atoms with E-state index in [1.165, 1.54) is 0 Å². The Labute approximate surface area is 100 Å². The summed E-state index contributed by atoms with van der Waals surface area (Å²) >= 11 is 0. The third kappa shape index (κ3) is 2.52. The summed E-state index contributed by atoms with van der Waals surface area (Å²) in [6.45, 7) is 1.54. The quantitative estimate of drug-likeness (QED) is 0.584. The number of anilines is 1. The van der Waals surface area contributed by atoms with Gasteiger partial charge in [0.05, 0.1) is 11.8 Å². The fourth-order valence-electron chi connectivity index (χ4n) is 2.04. The van der Waals surface area contributed by atoms with Crippen LogP contribution in [0.5, 0.6) is 0 Å². The predicted octanol–water partition coefficient (Wildman–Crippen LogP) is 0.376. The van der Waals surface area contributed by atoms with Gasteiger partial charge in [0.2, 0.25) is 0 Å². The van der Waals surface area contributed by atoms with Crippen LogP contribution < -0.4 is 10.6 Å². The van der Waals surface area contributed by atoms with Crippen LogP contribution in [-0.4, -0.2) is 42.3 Å². The molecule has 0 amide bonds. The monoisotopic (exact) mass is 235 g/mol. The number of rotatable bonds is 3. The molecule has 1 fully saturated rings. The molecule has 3 N–H and O–H groups in total. The van der Waals surface area contributed by atoms with Crippen molar-refractivity contribution in [3.63, 3.8) is 0 Å². The van der Waals surface area contributed by atoms with Gasteiger partial charge < -0.3 is 15.4 Å². The molecule has 1 aliphatic rings. The van der Waals surface area contributed by atoms with E-state index >= 15 is 0 Å². The Morgan fingerprint density at radius 3 is 2.88 bits per heavy atom. The molecule has 6 nitrogen and oxygen atoms in total. The molecule has 0 spiro atoms. The maximum absolute atomic E-state index is 7.54. The zero-order chi connectivity index (χ0) is 12.3. The van der Waals surface area contributed by atoms with Gasteiger partial charge in [-0.05, 0) is 18.9 Å². The molecule has 1 aromatic rings. The molecule has 0 saturated carbocycles. The minimum absolute atomic E-state index is 0.0220. The van der Waals surface area contributed by atoms with Crippen molar-refractivity contribution in [2.24, 2.45) is 5.73 Å². The first kappa shape index (κ1) is 11.8. The number of amidine groups is 1. The van der Waals surface area contributed by atoms with Crippen LogP contribution in [0.4, 0.5) is 5.82 Å². The standard InChI is InChI=1S/C11H17N5O/c1-16(8-3-6-17-7-4-8)11-9(10(12)13)2-5-14-15-11/h2,5,8H,3-4,6-7H2,1H3,(H3,12,13). The SMILES string of the molecule is CN(c1nnccc1C(=N)N)C1CCOCC1. The van der Waals surface area contributed by atoms with Crippen LogP contribution in [0.1, 0.15) is 18.4 Å². The van der Waals surface area contributed by atoms with Gasteiger partial charge in [-0.2, -0.15) is 5.10 Å². The topological polar surface area (TPSA) is 88.1 Å². The minimum atomic E-state index is 0.0220. The van der Waals surface area contributed by atoms with E-state index in [1.807, 2.05) is 11.9 Å². The Morgan fingerprint density at radius 1 is 1.53 bits per heavy atom. The molecule has 6 heteroatoms. The Kier molecular flexibility index (Phi) is 3.53. The van der Waals surface area contributed by atoms with E-state index in [4.69, 9.17) is 15.9 Å². The van der Waals surface area contributed by atoms with Gasteiger partial charge in [0.1, 0.15) is 5.84 Å². The Hall–Kier alpha value is -1.69. The number of hydrogen-bond donors (Lipinski definition) is 2. The van der Waals surface area contributed by atoms with Crippen molar-refractivity contribution in [1.82, 2.24) is 10.2 Å². The van der Waals surface area contributed by atoms with Gasteiger partial charge in [-0.3, -0.25) is 5.41 Å². The lowest BCUT2D eigenvalue weighted by Gasteiger charge is -2.32. The lowest BCUT2D eigenvalue weighted by atomic mass is 10.1. The maximum Gasteiger partial charge on any atom is 0.162 e. The van der Waals surface area contributed by atoms with E-state index in [0.717, 1.165) is 26.1 Å². The van der Waals surface area contributed by atoms with E-state index in [2.05, 4.69) is 10.2 Å². The molecule has 17 heavy (non-hydrogen) atoms. The third-order valence-corrected chi connectivity index (χ3v) is 3.06. The second-order valence-electron chi connectivity index (χ2n) is 4.14. The number of hydrogen-bond acceptors (Lipinski definition) is 5. The van der Waals surface area contributed by atoms with Crippen molar-refractivity contribution in [1.29, 1.82) is 5.41 Å². The van der Waals surface area contributed by atoms with Crippen LogP contribution in [0.2, 0.25) is 0 Å². The van der Waals surface area contributed by atoms with E-state index in [1.54, 1.807) is 12.3 Å². The summed E-state index contributed by atoms with van der Waals surface area (Å²) < 4.78 is 5.33. The van der Waals surface area contributed by atoms with Crippen molar-refractivity contribution in [3.05, 3.63) is 17.8 Å². The van der Waals surface area contributed by atoms with Crippen molar-refractivity contribution in [2.45, 2.75) is 18.9 Å². The number of nitrogen functional groups attached to an aromatic ring is 1. The zero-order valence-electron chi connectivity index (χ0n) is 9.89. The summed E-state index contributed by atoms with van der Waals surface area (Å²) in [4.78, 5) is 2.05. The number of nitrogens with one attached hydrogen (secondary N) is 1. The molecule has 1 saturated heterocycles. The van der Waals surface area contributed by atoms with Crippen molar-refractivity contribution < 1.29 is 4.74 Å². The van der Waals surface area contributed by atoms with Gasteiger partial charge in [-0.25, -0.2) is 0 Å². The minimum Gasteiger partial charge on any atom is -0.384 e. The van der Waals surface area contributed by atoms with E-state index in [9.17, 15) is 0 Å². The summed E-state index contributed by atoms with van der Waals surface area (Å²) in [5.74, 6) is 0.695. The van der Waals surface area contributed by atoms with Gasteiger partial charge >= 0.3 is 0 Å². The van der Waals surface area contributed by atoms with Crippen LogP contribution >= 0.6 is 0 Å². The fraction of sp³-hybridized carbons (Fsp3) is 0.545. The van der Waals surface area contributed by atoms with Crippen LogP contribution in [0, 0.1) is 5.41 Å². The lowest BCUT2D eigenvalue weighted by molar-refractivity contribution is 0.0853. The largest absolute Gasteiger partial charge is 0.384 e. The number of nitrogens with zero attached hydrogens (tertiary/aromatic N) is 3. The Balaban J connectivity index is 2.23. The molecule has 0 bridgehead atoms. The molecule has 0 aromatic carbocycles. The van der Waals surface area contributed by atoms with Gasteiger partial charge in [-0.15, -0.1) is 5.10 Å². The smallest absolute Gasteiger partial charge is 0.162 e. The summed E-state index contributed by atoms with van der Waals surface area (Å²) in [6, 6.07) is 2.10. The summed E-state index contributed by atoms with van der Waals surface area (Å²) in [5, 5.41) is 15.5. The third-order valence-electron chi connectivity index (χ3n) is 3.06. The Morgan fingerprint density at radius 2 is 2.24 bits per heavy atom. The molecule has 0 radical (unpaired) electrons. The van der Waals surface area contributed by atoms with E-state index in [0.29, 0.717) is 17.4 Å². The maximum atomic E-state index is 7.54. The van der Waals surface area contributed by atoms with Gasteiger partial charge in [0, 0.05) is 26.3 Å². The second-order valence-corrected chi connectivity index (χ2v) is 4.14. The predicted molar refractivity (Wildman–Crippen MR) is 65.3 cm³/mol. The molecular weight excluding hydrogens is 218 g/mol. The normalized spacial score (nSPS) is 16.8. The Bertz CT molecular complexity index is 403.